The molecule has 0 aliphatic rings. The van der Waals surface area contributed by atoms with Crippen molar-refractivity contribution in [1.29, 1.82) is 0 Å². The molecule has 5 N–H and O–H groups in total. The van der Waals surface area contributed by atoms with Crippen LogP contribution in [-0.2, 0) is 9.59 Å². The van der Waals surface area contributed by atoms with Gasteiger partial charge in [-0.25, -0.2) is 0 Å². The molecule has 106 valence electrons. The number of hydrogen-bond donors (Lipinski definition) is 4. The van der Waals surface area contributed by atoms with Crippen molar-refractivity contribution in [3.05, 3.63) is 0 Å². The summed E-state index contributed by atoms with van der Waals surface area (Å²) < 4.78 is 0. The van der Waals surface area contributed by atoms with Gasteiger partial charge in [0.15, 0.2) is 0 Å². The predicted molar refractivity (Wildman–Crippen MR) is 67.9 cm³/mol. The lowest BCUT2D eigenvalue weighted by Gasteiger charge is -2.23. The molecule has 1 amide bonds. The van der Waals surface area contributed by atoms with E-state index in [4.69, 9.17) is 15.9 Å². The first-order valence-electron chi connectivity index (χ1n) is 6.04. The molecule has 0 saturated carbocycles. The second kappa shape index (κ2) is 7.33. The van der Waals surface area contributed by atoms with Gasteiger partial charge in [-0.3, -0.25) is 9.59 Å². The third-order valence-corrected chi connectivity index (χ3v) is 2.54. The first kappa shape index (κ1) is 16.9. The van der Waals surface area contributed by atoms with E-state index in [1.54, 1.807) is 0 Å². The van der Waals surface area contributed by atoms with E-state index in [-0.39, 0.29) is 18.1 Å². The standard InChI is InChI=1S/C12H24N2O4/c1-12(2,3)5-4-8(7-15)14-11(18)9(13)6-10(16)17/h8-9,15H,4-7,13H2,1-3H3,(H,14,18)(H,16,17)/t8-,9-/m0/s1. The summed E-state index contributed by atoms with van der Waals surface area (Å²) in [7, 11) is 0. The quantitative estimate of drug-likeness (QED) is 0.518. The maximum Gasteiger partial charge on any atom is 0.305 e. The summed E-state index contributed by atoms with van der Waals surface area (Å²) in [4.78, 5) is 22.0. The second-order valence-electron chi connectivity index (χ2n) is 5.69. The summed E-state index contributed by atoms with van der Waals surface area (Å²) in [5.41, 5.74) is 5.54. The normalized spacial score (nSPS) is 14.9. The Balaban J connectivity index is 4.19. The van der Waals surface area contributed by atoms with E-state index in [0.717, 1.165) is 6.42 Å². The molecule has 18 heavy (non-hydrogen) atoms. The topological polar surface area (TPSA) is 113 Å². The number of carbonyl (C=O) groups excluding carboxylic acids is 1. The van der Waals surface area contributed by atoms with Crippen LogP contribution in [0.5, 0.6) is 0 Å². The van der Waals surface area contributed by atoms with Gasteiger partial charge in [-0.2, -0.15) is 0 Å². The van der Waals surface area contributed by atoms with Crippen molar-refractivity contribution in [2.75, 3.05) is 6.61 Å². The smallest absolute Gasteiger partial charge is 0.305 e. The average molecular weight is 260 g/mol. The Morgan fingerprint density at radius 2 is 1.89 bits per heavy atom. The van der Waals surface area contributed by atoms with Gasteiger partial charge in [-0.1, -0.05) is 20.8 Å². The van der Waals surface area contributed by atoms with Gasteiger partial charge in [-0.15, -0.1) is 0 Å². The molecule has 0 aromatic carbocycles. The number of nitrogens with one attached hydrogen (secondary N) is 1. The number of rotatable bonds is 7. The van der Waals surface area contributed by atoms with Crippen LogP contribution in [0.1, 0.15) is 40.0 Å². The lowest BCUT2D eigenvalue weighted by Crippen LogP contribution is -2.47. The average Bonchev–Trinajstić information content (AvgIpc) is 2.21. The van der Waals surface area contributed by atoms with Gasteiger partial charge in [0, 0.05) is 0 Å². The monoisotopic (exact) mass is 260 g/mol. The van der Waals surface area contributed by atoms with Crippen molar-refractivity contribution in [2.24, 2.45) is 11.1 Å². The highest BCUT2D eigenvalue weighted by Crippen LogP contribution is 2.21. The fourth-order valence-corrected chi connectivity index (χ4v) is 1.41. The van der Waals surface area contributed by atoms with Crippen LogP contribution < -0.4 is 11.1 Å². The molecule has 0 fully saturated rings. The zero-order valence-electron chi connectivity index (χ0n) is 11.3. The highest BCUT2D eigenvalue weighted by Gasteiger charge is 2.21. The number of carbonyl (C=O) groups is 2. The Bertz CT molecular complexity index is 286. The molecular formula is C12H24N2O4. The summed E-state index contributed by atoms with van der Waals surface area (Å²) in [6, 6.07) is -1.46. The van der Waals surface area contributed by atoms with Crippen molar-refractivity contribution >= 4 is 11.9 Å². The SMILES string of the molecule is CC(C)(C)CC[C@@H](CO)NC(=O)[C@@H](N)CC(=O)O. The molecule has 0 radical (unpaired) electrons. The third-order valence-electron chi connectivity index (χ3n) is 2.54. The van der Waals surface area contributed by atoms with E-state index in [9.17, 15) is 9.59 Å². The highest BCUT2D eigenvalue weighted by atomic mass is 16.4. The number of nitrogens with two attached hydrogens (primary N) is 1. The summed E-state index contributed by atoms with van der Waals surface area (Å²) in [6.45, 7) is 6.03. The molecule has 0 aromatic heterocycles. The fourth-order valence-electron chi connectivity index (χ4n) is 1.41. The zero-order valence-corrected chi connectivity index (χ0v) is 11.3. The van der Waals surface area contributed by atoms with Crippen LogP contribution in [0.25, 0.3) is 0 Å². The van der Waals surface area contributed by atoms with Gasteiger partial charge in [0.2, 0.25) is 5.91 Å². The van der Waals surface area contributed by atoms with Crippen molar-refractivity contribution in [2.45, 2.75) is 52.1 Å². The maximum absolute atomic E-state index is 11.6. The molecule has 0 saturated heterocycles. The summed E-state index contributed by atoms with van der Waals surface area (Å²) in [5, 5.41) is 20.3. The van der Waals surface area contributed by atoms with E-state index in [0.29, 0.717) is 6.42 Å². The van der Waals surface area contributed by atoms with Crippen LogP contribution in [0.4, 0.5) is 0 Å². The first-order valence-corrected chi connectivity index (χ1v) is 6.04. The van der Waals surface area contributed by atoms with Gasteiger partial charge in [-0.05, 0) is 18.3 Å². The molecule has 0 unspecified atom stereocenters. The summed E-state index contributed by atoms with van der Waals surface area (Å²) >= 11 is 0. The number of hydrogen-bond acceptors (Lipinski definition) is 4. The molecular weight excluding hydrogens is 236 g/mol. The van der Waals surface area contributed by atoms with Crippen LogP contribution in [-0.4, -0.2) is 40.8 Å². The number of carboxylic acid groups (broad SMARTS) is 1. The Morgan fingerprint density at radius 3 is 2.28 bits per heavy atom. The first-order chi connectivity index (χ1) is 8.15. The molecule has 0 rings (SSSR count). The van der Waals surface area contributed by atoms with Gasteiger partial charge < -0.3 is 21.3 Å². The Labute approximate surface area is 108 Å². The minimum Gasteiger partial charge on any atom is -0.481 e. The van der Waals surface area contributed by atoms with Crippen LogP contribution in [0.2, 0.25) is 0 Å². The second-order valence-corrected chi connectivity index (χ2v) is 5.69. The lowest BCUT2D eigenvalue weighted by atomic mass is 9.89. The van der Waals surface area contributed by atoms with Gasteiger partial charge >= 0.3 is 5.97 Å². The van der Waals surface area contributed by atoms with Crippen molar-refractivity contribution in [3.8, 4) is 0 Å². The Morgan fingerprint density at radius 1 is 1.33 bits per heavy atom. The van der Waals surface area contributed by atoms with E-state index in [2.05, 4.69) is 26.1 Å². The van der Waals surface area contributed by atoms with Gasteiger partial charge in [0.05, 0.1) is 25.1 Å². The van der Waals surface area contributed by atoms with E-state index < -0.39 is 24.3 Å². The minimum atomic E-state index is -1.12. The summed E-state index contributed by atoms with van der Waals surface area (Å²) in [5.74, 6) is -1.65. The van der Waals surface area contributed by atoms with Gasteiger partial charge in [0.25, 0.3) is 0 Å². The Hall–Kier alpha value is -1.14. The molecule has 6 nitrogen and oxygen atoms in total. The van der Waals surface area contributed by atoms with Crippen LogP contribution in [0.15, 0.2) is 0 Å². The van der Waals surface area contributed by atoms with Crippen LogP contribution in [0.3, 0.4) is 0 Å². The predicted octanol–water partition coefficient (Wildman–Crippen LogP) is 0.0918. The minimum absolute atomic E-state index is 0.112. The zero-order chi connectivity index (χ0) is 14.3. The molecule has 0 aromatic rings. The largest absolute Gasteiger partial charge is 0.481 e. The van der Waals surface area contributed by atoms with Crippen molar-refractivity contribution in [1.82, 2.24) is 5.32 Å². The lowest BCUT2D eigenvalue weighted by molar-refractivity contribution is -0.139. The van der Waals surface area contributed by atoms with E-state index >= 15 is 0 Å². The summed E-state index contributed by atoms with van der Waals surface area (Å²) in [6.07, 6.45) is 1.06. The van der Waals surface area contributed by atoms with Crippen molar-refractivity contribution < 1.29 is 19.8 Å². The van der Waals surface area contributed by atoms with Crippen LogP contribution >= 0.6 is 0 Å². The maximum atomic E-state index is 11.6. The fraction of sp³-hybridized carbons (Fsp3) is 0.833. The van der Waals surface area contributed by atoms with Crippen LogP contribution in [0, 0.1) is 5.41 Å². The highest BCUT2D eigenvalue weighted by molar-refractivity contribution is 5.86. The third kappa shape index (κ3) is 8.03. The molecule has 0 aliphatic heterocycles. The molecule has 0 aliphatic carbocycles. The molecule has 2 atom stereocenters. The van der Waals surface area contributed by atoms with E-state index in [1.807, 2.05) is 0 Å². The number of carboxylic acids is 1. The molecule has 6 heteroatoms. The molecule has 0 bridgehead atoms. The molecule has 0 spiro atoms. The van der Waals surface area contributed by atoms with Crippen molar-refractivity contribution in [3.63, 3.8) is 0 Å². The van der Waals surface area contributed by atoms with E-state index in [1.165, 1.54) is 0 Å². The number of amides is 1. The number of aliphatic hydroxyl groups excluding tert-OH is 1. The van der Waals surface area contributed by atoms with Gasteiger partial charge in [0.1, 0.15) is 0 Å². The Kier molecular flexibility index (Phi) is 6.86. The number of aliphatic carboxylic acids is 1. The molecule has 0 heterocycles. The number of aliphatic hydroxyl groups is 1.